The highest BCUT2D eigenvalue weighted by Crippen LogP contribution is 2.14. The minimum Gasteiger partial charge on any atom is -0.313 e. The highest BCUT2D eigenvalue weighted by Gasteiger charge is 2.28. The lowest BCUT2D eigenvalue weighted by Gasteiger charge is -2.19. The van der Waals surface area contributed by atoms with Crippen molar-refractivity contribution >= 4 is 0 Å². The molecule has 0 fully saturated rings. The van der Waals surface area contributed by atoms with Crippen molar-refractivity contribution in [2.24, 2.45) is 5.92 Å². The Balaban J connectivity index is 3.27. The fourth-order valence-electron chi connectivity index (χ4n) is 1.35. The number of halogens is 3. The van der Waals surface area contributed by atoms with Crippen LogP contribution in [-0.4, -0.2) is 51.1 Å². The zero-order valence-electron chi connectivity index (χ0n) is 10.1. The molecule has 0 aromatic heterocycles. The van der Waals surface area contributed by atoms with E-state index < -0.39 is 6.36 Å². The van der Waals surface area contributed by atoms with E-state index in [1.807, 2.05) is 7.05 Å². The number of alkyl halides is 3. The van der Waals surface area contributed by atoms with Crippen molar-refractivity contribution < 1.29 is 17.9 Å². The van der Waals surface area contributed by atoms with Crippen LogP contribution in [0.2, 0.25) is 0 Å². The number of rotatable bonds is 8. The molecular formula is C10H21F3N2O. The number of hydrogen-bond donors (Lipinski definition) is 1. The third kappa shape index (κ3) is 11.7. The highest BCUT2D eigenvalue weighted by atomic mass is 19.4. The number of ether oxygens (including phenoxy) is 1. The van der Waals surface area contributed by atoms with Gasteiger partial charge < -0.3 is 10.2 Å². The van der Waals surface area contributed by atoms with Gasteiger partial charge in [-0.2, -0.15) is 0 Å². The van der Waals surface area contributed by atoms with E-state index in [2.05, 4.69) is 28.8 Å². The van der Waals surface area contributed by atoms with Crippen LogP contribution in [0.5, 0.6) is 0 Å². The fourth-order valence-corrected chi connectivity index (χ4v) is 1.35. The molecule has 0 aromatic rings. The molecule has 0 amide bonds. The van der Waals surface area contributed by atoms with Crippen molar-refractivity contribution in [3.05, 3.63) is 0 Å². The molecule has 1 N–H and O–H groups in total. The molecule has 0 saturated carbocycles. The maximum atomic E-state index is 11.6. The van der Waals surface area contributed by atoms with Gasteiger partial charge in [-0.25, -0.2) is 0 Å². The number of nitrogens with zero attached hydrogens (tertiary/aromatic N) is 1. The molecule has 0 bridgehead atoms. The Morgan fingerprint density at radius 1 is 1.25 bits per heavy atom. The quantitative estimate of drug-likeness (QED) is 0.656. The molecule has 0 unspecified atom stereocenters. The lowest BCUT2D eigenvalue weighted by molar-refractivity contribution is -0.323. The topological polar surface area (TPSA) is 24.5 Å². The molecule has 0 radical (unpaired) electrons. The lowest BCUT2D eigenvalue weighted by atomic mass is 10.2. The SMILES string of the molecule is CC(C)CN(C)CCNCCOC(F)(F)F. The number of nitrogens with one attached hydrogen (secondary N) is 1. The summed E-state index contributed by atoms with van der Waals surface area (Å²) in [4.78, 5) is 2.14. The second kappa shape index (κ2) is 7.86. The van der Waals surface area contributed by atoms with Gasteiger partial charge in [0.15, 0.2) is 0 Å². The second-order valence-electron chi connectivity index (χ2n) is 4.20. The lowest BCUT2D eigenvalue weighted by Crippen LogP contribution is -2.33. The Bertz CT molecular complexity index is 174. The van der Waals surface area contributed by atoms with Crippen LogP contribution in [0, 0.1) is 5.92 Å². The molecule has 3 nitrogen and oxygen atoms in total. The predicted octanol–water partition coefficient (Wildman–Crippen LogP) is 1.70. The highest BCUT2D eigenvalue weighted by molar-refractivity contribution is 4.57. The fraction of sp³-hybridized carbons (Fsp3) is 1.00. The largest absolute Gasteiger partial charge is 0.522 e. The molecule has 6 heteroatoms. The maximum Gasteiger partial charge on any atom is 0.522 e. The van der Waals surface area contributed by atoms with Crippen molar-refractivity contribution in [1.29, 1.82) is 0 Å². The molecule has 0 rings (SSSR count). The maximum absolute atomic E-state index is 11.6. The molecule has 0 aliphatic rings. The van der Waals surface area contributed by atoms with Crippen LogP contribution in [0.1, 0.15) is 13.8 Å². The average Bonchev–Trinajstić information content (AvgIpc) is 2.07. The standard InChI is InChI=1S/C10H21F3N2O/c1-9(2)8-15(3)6-4-14-5-7-16-10(11,12)13/h9,14H,4-8H2,1-3H3. The predicted molar refractivity (Wildman–Crippen MR) is 57.2 cm³/mol. The summed E-state index contributed by atoms with van der Waals surface area (Å²) in [5.41, 5.74) is 0. The van der Waals surface area contributed by atoms with E-state index in [1.165, 1.54) is 0 Å². The zero-order chi connectivity index (χ0) is 12.6. The molecule has 0 saturated heterocycles. The monoisotopic (exact) mass is 242 g/mol. The van der Waals surface area contributed by atoms with Gasteiger partial charge in [-0.05, 0) is 13.0 Å². The molecule has 0 atom stereocenters. The first kappa shape index (κ1) is 15.7. The Hall–Kier alpha value is -0.330. The first-order chi connectivity index (χ1) is 7.31. The van der Waals surface area contributed by atoms with Gasteiger partial charge in [-0.15, -0.1) is 13.2 Å². The number of hydrogen-bond acceptors (Lipinski definition) is 3. The molecule has 0 aromatic carbocycles. The van der Waals surface area contributed by atoms with E-state index in [4.69, 9.17) is 0 Å². The summed E-state index contributed by atoms with van der Waals surface area (Å²) in [6.07, 6.45) is -4.52. The van der Waals surface area contributed by atoms with Crippen molar-refractivity contribution in [3.8, 4) is 0 Å². The van der Waals surface area contributed by atoms with E-state index in [1.54, 1.807) is 0 Å². The van der Waals surface area contributed by atoms with Crippen LogP contribution in [0.15, 0.2) is 0 Å². The van der Waals surface area contributed by atoms with Gasteiger partial charge in [0.05, 0.1) is 6.61 Å². The van der Waals surface area contributed by atoms with Crippen molar-refractivity contribution in [2.75, 3.05) is 39.8 Å². The van der Waals surface area contributed by atoms with E-state index in [-0.39, 0.29) is 13.2 Å². The molecule has 16 heavy (non-hydrogen) atoms. The van der Waals surface area contributed by atoms with Gasteiger partial charge in [0.2, 0.25) is 0 Å². The van der Waals surface area contributed by atoms with Gasteiger partial charge in [0, 0.05) is 26.2 Å². The van der Waals surface area contributed by atoms with Gasteiger partial charge in [0.25, 0.3) is 0 Å². The van der Waals surface area contributed by atoms with Crippen LogP contribution >= 0.6 is 0 Å². The third-order valence-corrected chi connectivity index (χ3v) is 1.89. The van der Waals surface area contributed by atoms with E-state index >= 15 is 0 Å². The average molecular weight is 242 g/mol. The molecule has 98 valence electrons. The smallest absolute Gasteiger partial charge is 0.313 e. The van der Waals surface area contributed by atoms with Crippen LogP contribution in [-0.2, 0) is 4.74 Å². The summed E-state index contributed by atoms with van der Waals surface area (Å²) in [5.74, 6) is 0.596. The third-order valence-electron chi connectivity index (χ3n) is 1.89. The second-order valence-corrected chi connectivity index (χ2v) is 4.20. The minimum atomic E-state index is -4.52. The molecule has 0 spiro atoms. The summed E-state index contributed by atoms with van der Waals surface area (Å²) in [6, 6.07) is 0. The molecular weight excluding hydrogens is 221 g/mol. The van der Waals surface area contributed by atoms with E-state index in [0.29, 0.717) is 12.5 Å². The zero-order valence-corrected chi connectivity index (χ0v) is 10.1. The first-order valence-corrected chi connectivity index (χ1v) is 5.41. The van der Waals surface area contributed by atoms with Crippen LogP contribution in [0.25, 0.3) is 0 Å². The summed E-state index contributed by atoms with van der Waals surface area (Å²) in [7, 11) is 1.99. The van der Waals surface area contributed by atoms with Crippen LogP contribution in [0.3, 0.4) is 0 Å². The van der Waals surface area contributed by atoms with E-state index in [0.717, 1.165) is 13.1 Å². The van der Waals surface area contributed by atoms with Crippen molar-refractivity contribution in [3.63, 3.8) is 0 Å². The minimum absolute atomic E-state index is 0.217. The number of likely N-dealkylation sites (N-methyl/N-ethyl adjacent to an activating group) is 1. The molecule has 0 heterocycles. The Labute approximate surface area is 94.9 Å². The summed E-state index contributed by atoms with van der Waals surface area (Å²) < 4.78 is 38.4. The van der Waals surface area contributed by atoms with Crippen LogP contribution < -0.4 is 5.32 Å². The molecule has 0 aliphatic heterocycles. The Morgan fingerprint density at radius 2 is 1.88 bits per heavy atom. The summed E-state index contributed by atoms with van der Waals surface area (Å²) >= 11 is 0. The normalized spacial score (nSPS) is 12.8. The van der Waals surface area contributed by atoms with Gasteiger partial charge >= 0.3 is 6.36 Å². The first-order valence-electron chi connectivity index (χ1n) is 5.41. The van der Waals surface area contributed by atoms with Gasteiger partial charge in [-0.1, -0.05) is 13.8 Å². The van der Waals surface area contributed by atoms with Crippen molar-refractivity contribution in [2.45, 2.75) is 20.2 Å². The van der Waals surface area contributed by atoms with E-state index in [9.17, 15) is 13.2 Å². The Kier molecular flexibility index (Phi) is 7.70. The van der Waals surface area contributed by atoms with Gasteiger partial charge in [0.1, 0.15) is 0 Å². The molecule has 0 aliphatic carbocycles. The summed E-state index contributed by atoms with van der Waals surface area (Å²) in [6.45, 7) is 6.62. The van der Waals surface area contributed by atoms with Gasteiger partial charge in [-0.3, -0.25) is 4.74 Å². The van der Waals surface area contributed by atoms with Crippen molar-refractivity contribution in [1.82, 2.24) is 10.2 Å². The Morgan fingerprint density at radius 3 is 2.38 bits per heavy atom. The summed E-state index contributed by atoms with van der Waals surface area (Å²) in [5, 5.41) is 2.90. The van der Waals surface area contributed by atoms with Crippen LogP contribution in [0.4, 0.5) is 13.2 Å².